The average Bonchev–Trinajstić information content (AvgIpc) is 3.02. The molecule has 0 aromatic heterocycles. The van der Waals surface area contributed by atoms with Crippen molar-refractivity contribution in [2.24, 2.45) is 5.92 Å². The van der Waals surface area contributed by atoms with Gasteiger partial charge in [0.05, 0.1) is 13.7 Å². The summed E-state index contributed by atoms with van der Waals surface area (Å²) in [4.78, 5) is 11.8. The standard InChI is InChI=1S/C18H25NO6S/c1-24-11-12-7-8-16(25-2)17(9-12)26(22,23)19-14-6-4-3-5-13(14)10-15(19)18(20)21/h7-9,13-15H,3-6,10-11H2,1-2H3,(H,20,21). The van der Waals surface area contributed by atoms with Crippen molar-refractivity contribution in [3.63, 3.8) is 0 Å². The highest BCUT2D eigenvalue weighted by atomic mass is 32.2. The molecule has 1 heterocycles. The fraction of sp³-hybridized carbons (Fsp3) is 0.611. The van der Waals surface area contributed by atoms with Crippen LogP contribution in [0.15, 0.2) is 23.1 Å². The summed E-state index contributed by atoms with van der Waals surface area (Å²) in [5, 5.41) is 9.65. The number of sulfonamides is 1. The number of carboxylic acids is 1. The molecular weight excluding hydrogens is 358 g/mol. The lowest BCUT2D eigenvalue weighted by Crippen LogP contribution is -2.46. The Morgan fingerprint density at radius 2 is 2.00 bits per heavy atom. The van der Waals surface area contributed by atoms with Crippen LogP contribution in [0, 0.1) is 5.92 Å². The van der Waals surface area contributed by atoms with Gasteiger partial charge in [0, 0.05) is 13.2 Å². The first kappa shape index (κ1) is 19.1. The van der Waals surface area contributed by atoms with E-state index < -0.39 is 22.0 Å². The predicted octanol–water partition coefficient (Wildman–Crippen LogP) is 2.25. The van der Waals surface area contributed by atoms with Gasteiger partial charge in [-0.3, -0.25) is 4.79 Å². The molecule has 1 aromatic rings. The highest BCUT2D eigenvalue weighted by Gasteiger charge is 2.51. The first-order valence-electron chi connectivity index (χ1n) is 8.82. The average molecular weight is 383 g/mol. The highest BCUT2D eigenvalue weighted by molar-refractivity contribution is 7.89. The lowest BCUT2D eigenvalue weighted by atomic mass is 9.85. The van der Waals surface area contributed by atoms with Gasteiger partial charge in [0.15, 0.2) is 0 Å². The van der Waals surface area contributed by atoms with Gasteiger partial charge in [0.2, 0.25) is 10.0 Å². The summed E-state index contributed by atoms with van der Waals surface area (Å²) >= 11 is 0. The van der Waals surface area contributed by atoms with E-state index in [1.807, 2.05) is 0 Å². The molecule has 1 saturated carbocycles. The normalized spacial score (nSPS) is 26.5. The summed E-state index contributed by atoms with van der Waals surface area (Å²) in [6.45, 7) is 0.265. The Kier molecular flexibility index (Phi) is 5.55. The Morgan fingerprint density at radius 1 is 1.27 bits per heavy atom. The molecule has 0 spiro atoms. The topological polar surface area (TPSA) is 93.1 Å². The van der Waals surface area contributed by atoms with Gasteiger partial charge in [-0.15, -0.1) is 0 Å². The van der Waals surface area contributed by atoms with Crippen molar-refractivity contribution in [2.75, 3.05) is 14.2 Å². The van der Waals surface area contributed by atoms with E-state index in [4.69, 9.17) is 9.47 Å². The summed E-state index contributed by atoms with van der Waals surface area (Å²) in [5.41, 5.74) is 0.693. The first-order valence-corrected chi connectivity index (χ1v) is 10.3. The number of hydrogen-bond acceptors (Lipinski definition) is 5. The molecule has 144 valence electrons. The number of carbonyl (C=O) groups is 1. The summed E-state index contributed by atoms with van der Waals surface area (Å²) < 4.78 is 38.6. The van der Waals surface area contributed by atoms with Gasteiger partial charge in [-0.05, 0) is 42.9 Å². The number of methoxy groups -OCH3 is 2. The molecule has 3 unspecified atom stereocenters. The number of ether oxygens (including phenoxy) is 2. The number of hydrogen-bond donors (Lipinski definition) is 1. The van der Waals surface area contributed by atoms with E-state index in [1.165, 1.54) is 24.6 Å². The molecule has 0 bridgehead atoms. The van der Waals surface area contributed by atoms with Gasteiger partial charge in [-0.25, -0.2) is 8.42 Å². The van der Waals surface area contributed by atoms with Crippen LogP contribution in [0.25, 0.3) is 0 Å². The molecule has 3 atom stereocenters. The molecule has 3 rings (SSSR count). The van der Waals surface area contributed by atoms with Gasteiger partial charge < -0.3 is 14.6 Å². The van der Waals surface area contributed by atoms with E-state index in [0.717, 1.165) is 19.3 Å². The van der Waals surface area contributed by atoms with Crippen molar-refractivity contribution in [2.45, 2.75) is 55.7 Å². The van der Waals surface area contributed by atoms with Crippen molar-refractivity contribution in [1.82, 2.24) is 4.31 Å². The van der Waals surface area contributed by atoms with Gasteiger partial charge >= 0.3 is 5.97 Å². The number of rotatable bonds is 6. The SMILES string of the molecule is COCc1ccc(OC)c(S(=O)(=O)N2C(C(=O)O)CC3CCCCC32)c1. The Labute approximate surface area is 154 Å². The molecule has 1 saturated heterocycles. The molecule has 7 nitrogen and oxygen atoms in total. The van der Waals surface area contributed by atoms with E-state index in [-0.39, 0.29) is 29.2 Å². The number of nitrogens with zero attached hydrogens (tertiary/aromatic N) is 1. The van der Waals surface area contributed by atoms with Crippen LogP contribution >= 0.6 is 0 Å². The van der Waals surface area contributed by atoms with Gasteiger partial charge in [-0.1, -0.05) is 18.9 Å². The van der Waals surface area contributed by atoms with E-state index in [0.29, 0.717) is 18.4 Å². The molecule has 2 fully saturated rings. The lowest BCUT2D eigenvalue weighted by molar-refractivity contribution is -0.141. The minimum atomic E-state index is -4.01. The number of benzene rings is 1. The zero-order valence-corrected chi connectivity index (χ0v) is 15.9. The number of carboxylic acid groups (broad SMARTS) is 1. The molecule has 2 aliphatic rings. The van der Waals surface area contributed by atoms with E-state index in [2.05, 4.69) is 0 Å². The maximum atomic E-state index is 13.5. The minimum absolute atomic E-state index is 0.00650. The van der Waals surface area contributed by atoms with Crippen LogP contribution in [0.5, 0.6) is 5.75 Å². The third-order valence-electron chi connectivity index (χ3n) is 5.41. The van der Waals surface area contributed by atoms with Crippen LogP contribution in [0.1, 0.15) is 37.7 Å². The van der Waals surface area contributed by atoms with Gasteiger partial charge in [0.1, 0.15) is 16.7 Å². The minimum Gasteiger partial charge on any atom is -0.495 e. The molecule has 26 heavy (non-hydrogen) atoms. The molecule has 1 aromatic carbocycles. The summed E-state index contributed by atoms with van der Waals surface area (Å²) in [5.74, 6) is -0.768. The lowest BCUT2D eigenvalue weighted by Gasteiger charge is -2.32. The fourth-order valence-corrected chi connectivity index (χ4v) is 6.35. The van der Waals surface area contributed by atoms with Crippen LogP contribution in [0.3, 0.4) is 0 Å². The molecule has 1 N–H and O–H groups in total. The van der Waals surface area contributed by atoms with Gasteiger partial charge in [0.25, 0.3) is 0 Å². The largest absolute Gasteiger partial charge is 0.495 e. The second-order valence-corrected chi connectivity index (χ2v) is 8.77. The van der Waals surface area contributed by atoms with Crippen molar-refractivity contribution in [3.8, 4) is 5.75 Å². The molecule has 0 amide bonds. The molecule has 1 aliphatic carbocycles. The van der Waals surface area contributed by atoms with Crippen molar-refractivity contribution in [1.29, 1.82) is 0 Å². The van der Waals surface area contributed by atoms with E-state index in [9.17, 15) is 18.3 Å². The third-order valence-corrected chi connectivity index (χ3v) is 7.36. The Morgan fingerprint density at radius 3 is 2.65 bits per heavy atom. The molecular formula is C18H25NO6S. The second-order valence-electron chi connectivity index (χ2n) is 6.95. The van der Waals surface area contributed by atoms with Crippen molar-refractivity contribution < 1.29 is 27.8 Å². The molecule has 1 aliphatic heterocycles. The number of fused-ring (bicyclic) bond motifs is 1. The van der Waals surface area contributed by atoms with Crippen LogP contribution in [0.4, 0.5) is 0 Å². The zero-order chi connectivity index (χ0) is 18.9. The van der Waals surface area contributed by atoms with Crippen LogP contribution < -0.4 is 4.74 Å². The summed E-state index contributed by atoms with van der Waals surface area (Å²) in [6, 6.07) is 3.57. The quantitative estimate of drug-likeness (QED) is 0.810. The Hall–Kier alpha value is -1.64. The smallest absolute Gasteiger partial charge is 0.322 e. The maximum Gasteiger partial charge on any atom is 0.322 e. The molecule has 8 heteroatoms. The monoisotopic (exact) mass is 383 g/mol. The summed E-state index contributed by atoms with van der Waals surface area (Å²) in [6.07, 6.45) is 3.89. The van der Waals surface area contributed by atoms with Crippen LogP contribution in [0.2, 0.25) is 0 Å². The maximum absolute atomic E-state index is 13.5. The highest BCUT2D eigenvalue weighted by Crippen LogP contribution is 2.44. The van der Waals surface area contributed by atoms with Crippen LogP contribution in [-0.2, 0) is 26.2 Å². The predicted molar refractivity (Wildman–Crippen MR) is 94.5 cm³/mol. The first-order chi connectivity index (χ1) is 12.4. The Bertz CT molecular complexity index is 778. The Balaban J connectivity index is 2.08. The van der Waals surface area contributed by atoms with Gasteiger partial charge in [-0.2, -0.15) is 4.31 Å². The van der Waals surface area contributed by atoms with E-state index in [1.54, 1.807) is 12.1 Å². The third kappa shape index (κ3) is 3.33. The number of aliphatic carboxylic acids is 1. The van der Waals surface area contributed by atoms with Crippen molar-refractivity contribution >= 4 is 16.0 Å². The van der Waals surface area contributed by atoms with Crippen LogP contribution in [-0.4, -0.2) is 50.1 Å². The fourth-order valence-electron chi connectivity index (χ4n) is 4.27. The summed E-state index contributed by atoms with van der Waals surface area (Å²) in [7, 11) is -1.07. The van der Waals surface area contributed by atoms with Crippen molar-refractivity contribution in [3.05, 3.63) is 23.8 Å². The van der Waals surface area contributed by atoms with E-state index >= 15 is 0 Å². The molecule has 0 radical (unpaired) electrons. The second kappa shape index (κ2) is 7.54. The zero-order valence-electron chi connectivity index (χ0n) is 15.1.